The van der Waals surface area contributed by atoms with E-state index in [2.05, 4.69) is 0 Å². The van der Waals surface area contributed by atoms with Gasteiger partial charge >= 0.3 is 5.97 Å². The molecule has 0 radical (unpaired) electrons. The molecule has 1 aromatic carbocycles. The molecule has 2 rings (SSSR count). The van der Waals surface area contributed by atoms with Crippen LogP contribution in [-0.2, 0) is 14.3 Å². The topological polar surface area (TPSA) is 65.1 Å². The average Bonchev–Trinajstić information content (AvgIpc) is 2.90. The third-order valence-electron chi connectivity index (χ3n) is 3.50. The van der Waals surface area contributed by atoms with Crippen molar-refractivity contribution >= 4 is 17.6 Å². The number of esters is 1. The van der Waals surface area contributed by atoms with Crippen LogP contribution in [0.2, 0.25) is 0 Å². The number of methoxy groups -OCH3 is 1. The quantitative estimate of drug-likeness (QED) is 0.752. The first-order chi connectivity index (χ1) is 10.6. The molecule has 1 unspecified atom stereocenters. The van der Waals surface area contributed by atoms with Crippen molar-refractivity contribution in [1.29, 1.82) is 0 Å². The molecule has 1 saturated heterocycles. The van der Waals surface area contributed by atoms with Crippen molar-refractivity contribution in [2.45, 2.75) is 20.3 Å². The van der Waals surface area contributed by atoms with Crippen molar-refractivity contribution in [3.63, 3.8) is 0 Å². The Hall–Kier alpha value is -2.24. The van der Waals surface area contributed by atoms with Gasteiger partial charge in [-0.2, -0.15) is 0 Å². The summed E-state index contributed by atoms with van der Waals surface area (Å²) >= 11 is 0. The van der Waals surface area contributed by atoms with Crippen molar-refractivity contribution < 1.29 is 23.8 Å². The summed E-state index contributed by atoms with van der Waals surface area (Å²) in [6.45, 7) is 5.14. The molecule has 120 valence electrons. The van der Waals surface area contributed by atoms with Crippen LogP contribution in [0.3, 0.4) is 0 Å². The molecule has 1 heterocycles. The number of nitrogens with zero attached hydrogens (tertiary/aromatic N) is 1. The number of rotatable bonds is 6. The lowest BCUT2D eigenvalue weighted by molar-refractivity contribution is -0.145. The van der Waals surface area contributed by atoms with Gasteiger partial charge in [-0.05, 0) is 26.0 Å². The second-order valence-corrected chi connectivity index (χ2v) is 4.93. The molecule has 0 N–H and O–H groups in total. The Kier molecular flexibility index (Phi) is 5.25. The van der Waals surface area contributed by atoms with E-state index >= 15 is 0 Å². The maximum absolute atomic E-state index is 12.1. The van der Waals surface area contributed by atoms with Crippen LogP contribution in [0, 0.1) is 5.92 Å². The van der Waals surface area contributed by atoms with Crippen LogP contribution in [0.1, 0.15) is 20.3 Å². The zero-order valence-electron chi connectivity index (χ0n) is 13.1. The van der Waals surface area contributed by atoms with Crippen molar-refractivity contribution in [3.05, 3.63) is 18.2 Å². The molecular formula is C16H21NO5. The SMILES string of the molecule is CCOc1ccc(N2CC(C(=O)OC)CC2=O)cc1OCC. The van der Waals surface area contributed by atoms with Gasteiger partial charge in [0.05, 0.1) is 26.2 Å². The van der Waals surface area contributed by atoms with Crippen molar-refractivity contribution in [2.24, 2.45) is 5.92 Å². The lowest BCUT2D eigenvalue weighted by Gasteiger charge is -2.19. The Morgan fingerprint density at radius 2 is 1.91 bits per heavy atom. The molecule has 1 aromatic rings. The Bertz CT molecular complexity index is 557. The first-order valence-corrected chi connectivity index (χ1v) is 7.38. The third-order valence-corrected chi connectivity index (χ3v) is 3.50. The second kappa shape index (κ2) is 7.15. The monoisotopic (exact) mass is 307 g/mol. The van der Waals surface area contributed by atoms with E-state index < -0.39 is 5.92 Å². The van der Waals surface area contributed by atoms with E-state index in [-0.39, 0.29) is 18.3 Å². The normalized spacial score (nSPS) is 17.5. The highest BCUT2D eigenvalue weighted by Gasteiger charge is 2.36. The van der Waals surface area contributed by atoms with Crippen LogP contribution in [0.5, 0.6) is 11.5 Å². The first kappa shape index (κ1) is 16.1. The predicted octanol–water partition coefficient (Wildman–Crippen LogP) is 2.01. The van der Waals surface area contributed by atoms with Gasteiger partial charge in [-0.25, -0.2) is 0 Å². The van der Waals surface area contributed by atoms with Gasteiger partial charge in [-0.3, -0.25) is 9.59 Å². The number of hydrogen-bond donors (Lipinski definition) is 0. The molecule has 6 nitrogen and oxygen atoms in total. The Morgan fingerprint density at radius 3 is 2.55 bits per heavy atom. The average molecular weight is 307 g/mol. The smallest absolute Gasteiger partial charge is 0.311 e. The van der Waals surface area contributed by atoms with E-state index in [1.54, 1.807) is 23.1 Å². The summed E-state index contributed by atoms with van der Waals surface area (Å²) < 4.78 is 15.8. The van der Waals surface area contributed by atoms with E-state index in [1.165, 1.54) is 7.11 Å². The molecule has 22 heavy (non-hydrogen) atoms. The summed E-state index contributed by atoms with van der Waals surface area (Å²) in [5.74, 6) is 0.369. The zero-order chi connectivity index (χ0) is 16.1. The van der Waals surface area contributed by atoms with Gasteiger partial charge in [-0.1, -0.05) is 0 Å². The van der Waals surface area contributed by atoms with Gasteiger partial charge in [0, 0.05) is 24.7 Å². The van der Waals surface area contributed by atoms with E-state index in [1.807, 2.05) is 13.8 Å². The summed E-state index contributed by atoms with van der Waals surface area (Å²) in [4.78, 5) is 25.3. The highest BCUT2D eigenvalue weighted by molar-refractivity contribution is 5.99. The molecule has 1 aliphatic heterocycles. The Morgan fingerprint density at radius 1 is 1.23 bits per heavy atom. The maximum Gasteiger partial charge on any atom is 0.311 e. The standard InChI is InChI=1S/C16H21NO5/c1-4-21-13-7-6-12(9-14(13)22-5-2)17-10-11(8-15(17)18)16(19)20-3/h6-7,9,11H,4-5,8,10H2,1-3H3. The molecular weight excluding hydrogens is 286 g/mol. The summed E-state index contributed by atoms with van der Waals surface area (Å²) in [7, 11) is 1.33. The fourth-order valence-electron chi connectivity index (χ4n) is 2.49. The van der Waals surface area contributed by atoms with Crippen molar-refractivity contribution in [3.8, 4) is 11.5 Å². The van der Waals surface area contributed by atoms with Crippen LogP contribution in [0.4, 0.5) is 5.69 Å². The highest BCUT2D eigenvalue weighted by Crippen LogP contribution is 2.34. The van der Waals surface area contributed by atoms with Crippen LogP contribution >= 0.6 is 0 Å². The number of anilines is 1. The molecule has 6 heteroatoms. The van der Waals surface area contributed by atoms with E-state index in [0.717, 1.165) is 0 Å². The molecule has 1 amide bonds. The minimum absolute atomic E-state index is 0.0954. The van der Waals surface area contributed by atoms with Crippen LogP contribution < -0.4 is 14.4 Å². The first-order valence-electron chi connectivity index (χ1n) is 7.38. The maximum atomic E-state index is 12.1. The molecule has 1 aliphatic rings. The third kappa shape index (κ3) is 3.32. The minimum Gasteiger partial charge on any atom is -0.490 e. The van der Waals surface area contributed by atoms with E-state index in [9.17, 15) is 9.59 Å². The largest absolute Gasteiger partial charge is 0.490 e. The number of carbonyl (C=O) groups excluding carboxylic acids is 2. The zero-order valence-corrected chi connectivity index (χ0v) is 13.1. The van der Waals surface area contributed by atoms with Gasteiger partial charge < -0.3 is 19.1 Å². The summed E-state index contributed by atoms with van der Waals surface area (Å²) in [5, 5.41) is 0. The van der Waals surface area contributed by atoms with Crippen LogP contribution in [-0.4, -0.2) is 38.7 Å². The number of carbonyl (C=O) groups is 2. The summed E-state index contributed by atoms with van der Waals surface area (Å²) in [5.41, 5.74) is 0.698. The molecule has 1 fully saturated rings. The molecule has 0 bridgehead atoms. The fraction of sp³-hybridized carbons (Fsp3) is 0.500. The molecule has 0 aromatic heterocycles. The number of ether oxygens (including phenoxy) is 3. The lowest BCUT2D eigenvalue weighted by atomic mass is 10.1. The minimum atomic E-state index is -0.417. The molecule has 0 saturated carbocycles. The van der Waals surface area contributed by atoms with Crippen molar-refractivity contribution in [2.75, 3.05) is 31.8 Å². The second-order valence-electron chi connectivity index (χ2n) is 4.93. The van der Waals surface area contributed by atoms with Crippen LogP contribution in [0.15, 0.2) is 18.2 Å². The van der Waals surface area contributed by atoms with Gasteiger partial charge in [0.25, 0.3) is 0 Å². The predicted molar refractivity (Wildman–Crippen MR) is 81.3 cm³/mol. The van der Waals surface area contributed by atoms with Crippen LogP contribution in [0.25, 0.3) is 0 Å². The number of benzene rings is 1. The molecule has 0 spiro atoms. The van der Waals surface area contributed by atoms with Gasteiger partial charge in [0.15, 0.2) is 11.5 Å². The molecule has 0 aliphatic carbocycles. The van der Waals surface area contributed by atoms with Gasteiger partial charge in [0.2, 0.25) is 5.91 Å². The lowest BCUT2D eigenvalue weighted by Crippen LogP contribution is -2.26. The van der Waals surface area contributed by atoms with E-state index in [0.29, 0.717) is 36.9 Å². The van der Waals surface area contributed by atoms with Crippen molar-refractivity contribution in [1.82, 2.24) is 0 Å². The summed E-state index contributed by atoms with van der Waals surface area (Å²) in [6.07, 6.45) is 0.170. The summed E-state index contributed by atoms with van der Waals surface area (Å²) in [6, 6.07) is 5.35. The van der Waals surface area contributed by atoms with Gasteiger partial charge in [0.1, 0.15) is 0 Å². The highest BCUT2D eigenvalue weighted by atomic mass is 16.5. The molecule has 1 atom stereocenters. The Balaban J connectivity index is 2.23. The fourth-order valence-corrected chi connectivity index (χ4v) is 2.49. The van der Waals surface area contributed by atoms with Gasteiger partial charge in [-0.15, -0.1) is 0 Å². The van der Waals surface area contributed by atoms with E-state index in [4.69, 9.17) is 14.2 Å². The number of amides is 1. The Labute approximate surface area is 129 Å². The number of hydrogen-bond acceptors (Lipinski definition) is 5.